The Morgan fingerprint density at radius 2 is 2.18 bits per heavy atom. The van der Waals surface area contributed by atoms with Gasteiger partial charge in [-0.3, -0.25) is 4.90 Å². The number of benzene rings is 1. The molecule has 1 aromatic rings. The van der Waals surface area contributed by atoms with Crippen LogP contribution in [0.25, 0.3) is 0 Å². The van der Waals surface area contributed by atoms with Crippen molar-refractivity contribution in [3.63, 3.8) is 0 Å². The lowest BCUT2D eigenvalue weighted by Crippen LogP contribution is -2.51. The van der Waals surface area contributed by atoms with Crippen LogP contribution in [0.15, 0.2) is 18.2 Å². The highest BCUT2D eigenvalue weighted by atomic mass is 19.1. The molecule has 0 saturated carbocycles. The van der Waals surface area contributed by atoms with E-state index >= 15 is 0 Å². The average molecular weight is 237 g/mol. The van der Waals surface area contributed by atoms with Gasteiger partial charge in [-0.1, -0.05) is 6.92 Å². The number of piperazine rings is 1. The Labute approximate surface area is 102 Å². The number of nitrogens with two attached hydrogens (primary N) is 1. The van der Waals surface area contributed by atoms with Crippen molar-refractivity contribution in [2.45, 2.75) is 19.9 Å². The van der Waals surface area contributed by atoms with Gasteiger partial charge in [0.1, 0.15) is 5.82 Å². The highest BCUT2D eigenvalue weighted by Gasteiger charge is 2.23. The molecule has 1 aliphatic heterocycles. The van der Waals surface area contributed by atoms with E-state index in [1.807, 2.05) is 0 Å². The zero-order valence-electron chi connectivity index (χ0n) is 10.5. The molecule has 0 amide bonds. The zero-order valence-corrected chi connectivity index (χ0v) is 10.5. The third-order valence-electron chi connectivity index (χ3n) is 3.50. The minimum atomic E-state index is -0.222. The quantitative estimate of drug-likeness (QED) is 0.798. The number of nitrogen functional groups attached to an aromatic ring is 1. The summed E-state index contributed by atoms with van der Waals surface area (Å²) in [5, 5.41) is 0. The molecule has 1 atom stereocenters. The van der Waals surface area contributed by atoms with Crippen LogP contribution < -0.4 is 10.6 Å². The number of rotatable bonds is 2. The van der Waals surface area contributed by atoms with Crippen LogP contribution in [-0.2, 0) is 0 Å². The Kier molecular flexibility index (Phi) is 3.52. The van der Waals surface area contributed by atoms with Crippen LogP contribution >= 0.6 is 0 Å². The van der Waals surface area contributed by atoms with E-state index in [-0.39, 0.29) is 5.82 Å². The first kappa shape index (κ1) is 12.2. The topological polar surface area (TPSA) is 32.5 Å². The minimum Gasteiger partial charge on any atom is -0.397 e. The first-order valence-corrected chi connectivity index (χ1v) is 6.16. The fourth-order valence-corrected chi connectivity index (χ4v) is 2.47. The van der Waals surface area contributed by atoms with Gasteiger partial charge in [0.2, 0.25) is 0 Å². The van der Waals surface area contributed by atoms with Gasteiger partial charge < -0.3 is 10.6 Å². The fourth-order valence-electron chi connectivity index (χ4n) is 2.47. The Morgan fingerprint density at radius 3 is 2.82 bits per heavy atom. The molecule has 94 valence electrons. The summed E-state index contributed by atoms with van der Waals surface area (Å²) < 4.78 is 13.2. The summed E-state index contributed by atoms with van der Waals surface area (Å²) in [5.41, 5.74) is 7.39. The Morgan fingerprint density at radius 1 is 1.41 bits per heavy atom. The van der Waals surface area contributed by atoms with Crippen molar-refractivity contribution in [3.8, 4) is 0 Å². The van der Waals surface area contributed by atoms with Gasteiger partial charge in [-0.15, -0.1) is 0 Å². The van der Waals surface area contributed by atoms with Crippen molar-refractivity contribution >= 4 is 11.4 Å². The maximum atomic E-state index is 13.2. The van der Waals surface area contributed by atoms with Crippen LogP contribution in [-0.4, -0.2) is 37.1 Å². The van der Waals surface area contributed by atoms with Gasteiger partial charge in [-0.05, 0) is 31.7 Å². The minimum absolute atomic E-state index is 0.222. The van der Waals surface area contributed by atoms with Gasteiger partial charge in [0.25, 0.3) is 0 Å². The zero-order chi connectivity index (χ0) is 12.4. The third-order valence-corrected chi connectivity index (χ3v) is 3.50. The van der Waals surface area contributed by atoms with Gasteiger partial charge in [0.05, 0.1) is 11.4 Å². The molecule has 0 bridgehead atoms. The van der Waals surface area contributed by atoms with Gasteiger partial charge >= 0.3 is 0 Å². The molecule has 1 unspecified atom stereocenters. The molecule has 0 radical (unpaired) electrons. The second-order valence-electron chi connectivity index (χ2n) is 4.63. The maximum absolute atomic E-state index is 13.2. The Balaban J connectivity index is 2.16. The predicted molar refractivity (Wildman–Crippen MR) is 69.7 cm³/mol. The van der Waals surface area contributed by atoms with Crippen LogP contribution in [0.5, 0.6) is 0 Å². The van der Waals surface area contributed by atoms with Crippen molar-refractivity contribution < 1.29 is 4.39 Å². The van der Waals surface area contributed by atoms with Crippen molar-refractivity contribution in [2.75, 3.05) is 36.8 Å². The Hall–Kier alpha value is -1.29. The van der Waals surface area contributed by atoms with E-state index in [4.69, 9.17) is 5.73 Å². The van der Waals surface area contributed by atoms with Crippen LogP contribution in [0.4, 0.5) is 15.8 Å². The lowest BCUT2D eigenvalue weighted by atomic mass is 10.1. The molecule has 0 aromatic heterocycles. The van der Waals surface area contributed by atoms with Crippen molar-refractivity contribution in [1.29, 1.82) is 0 Å². The Bertz CT molecular complexity index is 394. The van der Waals surface area contributed by atoms with E-state index in [1.165, 1.54) is 12.1 Å². The number of likely N-dealkylation sites (N-methyl/N-ethyl adjacent to an activating group) is 1. The molecular weight excluding hydrogens is 217 g/mol. The average Bonchev–Trinajstić information content (AvgIpc) is 2.32. The first-order chi connectivity index (χ1) is 8.11. The standard InChI is InChI=1S/C13H20FN3/c1-3-16-6-7-17(9-10(16)2)13-8-11(14)4-5-12(13)15/h4-5,8,10H,3,6-7,9,15H2,1-2H3. The van der Waals surface area contributed by atoms with E-state index < -0.39 is 0 Å². The summed E-state index contributed by atoms with van der Waals surface area (Å²) in [6, 6.07) is 5.06. The lowest BCUT2D eigenvalue weighted by Gasteiger charge is -2.40. The van der Waals surface area contributed by atoms with Crippen LogP contribution in [0, 0.1) is 5.82 Å². The van der Waals surface area contributed by atoms with E-state index in [0.29, 0.717) is 11.7 Å². The number of hydrogen-bond acceptors (Lipinski definition) is 3. The lowest BCUT2D eigenvalue weighted by molar-refractivity contribution is 0.199. The molecule has 1 fully saturated rings. The number of halogens is 1. The molecule has 1 heterocycles. The van der Waals surface area contributed by atoms with Gasteiger partial charge in [-0.25, -0.2) is 4.39 Å². The fraction of sp³-hybridized carbons (Fsp3) is 0.538. The molecule has 0 aliphatic carbocycles. The monoisotopic (exact) mass is 237 g/mol. The van der Waals surface area contributed by atoms with Gasteiger partial charge in [0.15, 0.2) is 0 Å². The molecule has 0 spiro atoms. The summed E-state index contributed by atoms with van der Waals surface area (Å²) in [7, 11) is 0. The SMILES string of the molecule is CCN1CCN(c2cc(F)ccc2N)CC1C. The van der Waals surface area contributed by atoms with Crippen molar-refractivity contribution in [1.82, 2.24) is 4.90 Å². The molecular formula is C13H20FN3. The van der Waals surface area contributed by atoms with Gasteiger partial charge in [-0.2, -0.15) is 0 Å². The highest BCUT2D eigenvalue weighted by molar-refractivity contribution is 5.67. The summed E-state index contributed by atoms with van der Waals surface area (Å²) in [6.45, 7) is 8.25. The van der Waals surface area contributed by atoms with Crippen LogP contribution in [0.1, 0.15) is 13.8 Å². The normalized spacial score (nSPS) is 21.8. The number of nitrogens with zero attached hydrogens (tertiary/aromatic N) is 2. The van der Waals surface area contributed by atoms with Gasteiger partial charge in [0, 0.05) is 25.7 Å². The van der Waals surface area contributed by atoms with E-state index in [2.05, 4.69) is 23.6 Å². The van der Waals surface area contributed by atoms with Crippen LogP contribution in [0.3, 0.4) is 0 Å². The second kappa shape index (κ2) is 4.92. The molecule has 1 aromatic carbocycles. The molecule has 4 heteroatoms. The van der Waals surface area contributed by atoms with E-state index in [0.717, 1.165) is 31.9 Å². The first-order valence-electron chi connectivity index (χ1n) is 6.16. The summed E-state index contributed by atoms with van der Waals surface area (Å²) in [6.07, 6.45) is 0. The smallest absolute Gasteiger partial charge is 0.125 e. The molecule has 2 N–H and O–H groups in total. The largest absolute Gasteiger partial charge is 0.397 e. The molecule has 2 rings (SSSR count). The molecule has 17 heavy (non-hydrogen) atoms. The van der Waals surface area contributed by atoms with Crippen molar-refractivity contribution in [2.24, 2.45) is 0 Å². The van der Waals surface area contributed by atoms with Crippen molar-refractivity contribution in [3.05, 3.63) is 24.0 Å². The maximum Gasteiger partial charge on any atom is 0.125 e. The number of hydrogen-bond donors (Lipinski definition) is 1. The molecule has 3 nitrogen and oxygen atoms in total. The summed E-state index contributed by atoms with van der Waals surface area (Å²) in [5.74, 6) is -0.222. The number of anilines is 2. The van der Waals surface area contributed by atoms with E-state index in [9.17, 15) is 4.39 Å². The van der Waals surface area contributed by atoms with E-state index in [1.54, 1.807) is 6.07 Å². The molecule has 1 saturated heterocycles. The second-order valence-corrected chi connectivity index (χ2v) is 4.63. The highest BCUT2D eigenvalue weighted by Crippen LogP contribution is 2.26. The van der Waals surface area contributed by atoms with Crippen LogP contribution in [0.2, 0.25) is 0 Å². The predicted octanol–water partition coefficient (Wildman–Crippen LogP) is 1.94. The third kappa shape index (κ3) is 2.52. The molecule has 1 aliphatic rings. The summed E-state index contributed by atoms with van der Waals surface area (Å²) >= 11 is 0. The summed E-state index contributed by atoms with van der Waals surface area (Å²) in [4.78, 5) is 4.60.